The van der Waals surface area contributed by atoms with Gasteiger partial charge < -0.3 is 0 Å². The van der Waals surface area contributed by atoms with Crippen LogP contribution in [0.2, 0.25) is 0 Å². The van der Waals surface area contributed by atoms with Gasteiger partial charge in [0.05, 0.1) is 11.9 Å². The second kappa shape index (κ2) is 7.72. The fraction of sp³-hybridized carbons (Fsp3) is 0. The minimum Gasteiger partial charge on any atom is -0.264 e. The van der Waals surface area contributed by atoms with E-state index in [1.54, 1.807) is 18.6 Å². The van der Waals surface area contributed by atoms with Gasteiger partial charge in [0.15, 0.2) is 0 Å². The van der Waals surface area contributed by atoms with Gasteiger partial charge in [-0.05, 0) is 17.2 Å². The summed E-state index contributed by atoms with van der Waals surface area (Å²) in [4.78, 5) is 8.64. The van der Waals surface area contributed by atoms with E-state index in [0.29, 0.717) is 0 Å². The summed E-state index contributed by atoms with van der Waals surface area (Å²) in [6, 6.07) is 22.6. The molecule has 0 aliphatic carbocycles. The van der Waals surface area contributed by atoms with Gasteiger partial charge in [0.1, 0.15) is 0 Å². The first kappa shape index (κ1) is 16.2. The molecule has 0 amide bonds. The lowest BCUT2D eigenvalue weighted by Gasteiger charge is -2.02. The van der Waals surface area contributed by atoms with Crippen LogP contribution in [0.4, 0.5) is 5.13 Å². The first-order chi connectivity index (χ1) is 12.9. The lowest BCUT2D eigenvalue weighted by molar-refractivity contribution is 1.28. The molecule has 4 rings (SSSR count). The zero-order valence-electron chi connectivity index (χ0n) is 13.9. The van der Waals surface area contributed by atoms with Crippen molar-refractivity contribution < 1.29 is 0 Å². The Labute approximate surface area is 155 Å². The van der Waals surface area contributed by atoms with Crippen LogP contribution in [-0.4, -0.2) is 16.2 Å². The minimum atomic E-state index is 0.757. The molecule has 1 N–H and O–H groups in total. The van der Waals surface area contributed by atoms with Crippen molar-refractivity contribution in [1.29, 1.82) is 0 Å². The number of thiazole rings is 1. The van der Waals surface area contributed by atoms with Crippen LogP contribution < -0.4 is 5.43 Å². The molecule has 0 saturated heterocycles. The van der Waals surface area contributed by atoms with Gasteiger partial charge in [-0.25, -0.2) is 4.98 Å². The SMILES string of the molecule is C(=N\Nc1nc(-c2ccc(-c3ccccc3)cc2)cs1)/c1cccnc1. The average Bonchev–Trinajstić information content (AvgIpc) is 3.19. The Bertz CT molecular complexity index is 993. The van der Waals surface area contributed by atoms with E-state index < -0.39 is 0 Å². The van der Waals surface area contributed by atoms with E-state index in [1.165, 1.54) is 22.5 Å². The van der Waals surface area contributed by atoms with E-state index in [1.807, 2.05) is 35.7 Å². The third-order valence-corrected chi connectivity index (χ3v) is 4.60. The van der Waals surface area contributed by atoms with Crippen LogP contribution in [0.1, 0.15) is 5.56 Å². The number of hydrazone groups is 1. The molecule has 126 valence electrons. The predicted molar refractivity (Wildman–Crippen MR) is 108 cm³/mol. The summed E-state index contributed by atoms with van der Waals surface area (Å²) in [5.74, 6) is 0. The summed E-state index contributed by atoms with van der Waals surface area (Å²) in [6.45, 7) is 0. The molecule has 5 heteroatoms. The lowest BCUT2D eigenvalue weighted by atomic mass is 10.0. The van der Waals surface area contributed by atoms with E-state index in [4.69, 9.17) is 0 Å². The lowest BCUT2D eigenvalue weighted by Crippen LogP contribution is -1.90. The average molecular weight is 356 g/mol. The highest BCUT2D eigenvalue weighted by Gasteiger charge is 2.04. The molecule has 2 heterocycles. The standard InChI is InChI=1S/C21H16N4S/c1-2-6-17(7-3-1)18-8-10-19(11-9-18)20-15-26-21(24-20)25-23-14-16-5-4-12-22-13-16/h1-15H,(H,24,25)/b23-14+. The van der Waals surface area contributed by atoms with E-state index in [0.717, 1.165) is 22.0 Å². The van der Waals surface area contributed by atoms with Crippen molar-refractivity contribution in [3.05, 3.63) is 90.1 Å². The Morgan fingerprint density at radius 1 is 0.846 bits per heavy atom. The van der Waals surface area contributed by atoms with E-state index in [9.17, 15) is 0 Å². The fourth-order valence-electron chi connectivity index (χ4n) is 2.54. The second-order valence-electron chi connectivity index (χ2n) is 5.64. The molecule has 0 aliphatic rings. The predicted octanol–water partition coefficient (Wildman–Crippen LogP) is 5.32. The van der Waals surface area contributed by atoms with Crippen LogP contribution in [0.3, 0.4) is 0 Å². The Hall–Kier alpha value is -3.31. The molecule has 0 saturated carbocycles. The summed E-state index contributed by atoms with van der Waals surface area (Å²) < 4.78 is 0. The van der Waals surface area contributed by atoms with Gasteiger partial charge in [-0.15, -0.1) is 11.3 Å². The number of anilines is 1. The Balaban J connectivity index is 1.45. The third-order valence-electron chi connectivity index (χ3n) is 3.85. The highest BCUT2D eigenvalue weighted by atomic mass is 32.1. The topological polar surface area (TPSA) is 50.2 Å². The molecule has 0 unspecified atom stereocenters. The van der Waals surface area contributed by atoms with Gasteiger partial charge in [-0.2, -0.15) is 5.10 Å². The molecule has 0 fully saturated rings. The molecule has 0 bridgehead atoms. The number of hydrogen-bond donors (Lipinski definition) is 1. The molecule has 2 aromatic heterocycles. The van der Waals surface area contributed by atoms with Crippen molar-refractivity contribution >= 4 is 22.7 Å². The Morgan fingerprint density at radius 3 is 2.38 bits per heavy atom. The van der Waals surface area contributed by atoms with Gasteiger partial charge in [0.2, 0.25) is 5.13 Å². The fourth-order valence-corrected chi connectivity index (χ4v) is 3.20. The van der Waals surface area contributed by atoms with Crippen molar-refractivity contribution in [1.82, 2.24) is 9.97 Å². The normalized spacial score (nSPS) is 10.9. The number of benzene rings is 2. The second-order valence-corrected chi connectivity index (χ2v) is 6.50. The number of rotatable bonds is 5. The quantitative estimate of drug-likeness (QED) is 0.389. The van der Waals surface area contributed by atoms with Crippen LogP contribution in [0, 0.1) is 0 Å². The van der Waals surface area contributed by atoms with Crippen LogP contribution >= 0.6 is 11.3 Å². The zero-order valence-corrected chi connectivity index (χ0v) is 14.7. The molecular weight excluding hydrogens is 340 g/mol. The highest BCUT2D eigenvalue weighted by molar-refractivity contribution is 7.14. The third kappa shape index (κ3) is 3.84. The largest absolute Gasteiger partial charge is 0.264 e. The van der Waals surface area contributed by atoms with E-state index >= 15 is 0 Å². The number of pyridine rings is 1. The van der Waals surface area contributed by atoms with Crippen molar-refractivity contribution in [2.24, 2.45) is 5.10 Å². The summed E-state index contributed by atoms with van der Waals surface area (Å²) >= 11 is 1.53. The van der Waals surface area contributed by atoms with Crippen LogP contribution in [0.5, 0.6) is 0 Å². The number of nitrogens with zero attached hydrogens (tertiary/aromatic N) is 3. The molecular formula is C21H16N4S. The van der Waals surface area contributed by atoms with Crippen molar-refractivity contribution in [3.63, 3.8) is 0 Å². The molecule has 0 spiro atoms. The van der Waals surface area contributed by atoms with Gasteiger partial charge >= 0.3 is 0 Å². The molecule has 0 atom stereocenters. The van der Waals surface area contributed by atoms with E-state index in [2.05, 4.69) is 56.9 Å². The van der Waals surface area contributed by atoms with E-state index in [-0.39, 0.29) is 0 Å². The van der Waals surface area contributed by atoms with Gasteiger partial charge in [-0.1, -0.05) is 60.7 Å². The van der Waals surface area contributed by atoms with Gasteiger partial charge in [0, 0.05) is 28.9 Å². The molecule has 2 aromatic carbocycles. The number of nitrogens with one attached hydrogen (secondary N) is 1. The first-order valence-corrected chi connectivity index (χ1v) is 9.07. The van der Waals surface area contributed by atoms with Crippen LogP contribution in [0.15, 0.2) is 89.6 Å². The van der Waals surface area contributed by atoms with Crippen LogP contribution in [-0.2, 0) is 0 Å². The summed E-state index contributed by atoms with van der Waals surface area (Å²) in [5.41, 5.74) is 8.35. The Kier molecular flexibility index (Phi) is 4.80. The summed E-state index contributed by atoms with van der Waals surface area (Å²) in [7, 11) is 0. The number of hydrogen-bond acceptors (Lipinski definition) is 5. The summed E-state index contributed by atoms with van der Waals surface area (Å²) in [6.07, 6.45) is 5.22. The summed E-state index contributed by atoms with van der Waals surface area (Å²) in [5, 5.41) is 6.99. The molecule has 4 aromatic rings. The maximum atomic E-state index is 4.59. The van der Waals surface area contributed by atoms with Crippen molar-refractivity contribution in [3.8, 4) is 22.4 Å². The first-order valence-electron chi connectivity index (χ1n) is 8.19. The highest BCUT2D eigenvalue weighted by Crippen LogP contribution is 2.27. The molecule has 4 nitrogen and oxygen atoms in total. The maximum Gasteiger partial charge on any atom is 0.203 e. The molecule has 26 heavy (non-hydrogen) atoms. The zero-order chi connectivity index (χ0) is 17.6. The monoisotopic (exact) mass is 356 g/mol. The van der Waals surface area contributed by atoms with Crippen molar-refractivity contribution in [2.45, 2.75) is 0 Å². The minimum absolute atomic E-state index is 0.757. The Morgan fingerprint density at radius 2 is 1.62 bits per heavy atom. The van der Waals surface area contributed by atoms with Gasteiger partial charge in [-0.3, -0.25) is 10.4 Å². The number of aromatic nitrogens is 2. The van der Waals surface area contributed by atoms with Crippen LogP contribution in [0.25, 0.3) is 22.4 Å². The molecule has 0 radical (unpaired) electrons. The smallest absolute Gasteiger partial charge is 0.203 e. The molecule has 0 aliphatic heterocycles. The maximum absolute atomic E-state index is 4.59. The van der Waals surface area contributed by atoms with Gasteiger partial charge in [0.25, 0.3) is 0 Å². The van der Waals surface area contributed by atoms with Crippen molar-refractivity contribution in [2.75, 3.05) is 5.43 Å².